The Hall–Kier alpha value is -3.84. The van der Waals surface area contributed by atoms with E-state index in [1.807, 2.05) is 47.5 Å². The van der Waals surface area contributed by atoms with E-state index >= 15 is 0 Å². The number of pyridine rings is 1. The van der Waals surface area contributed by atoms with Crippen molar-refractivity contribution in [1.29, 1.82) is 0 Å². The van der Waals surface area contributed by atoms with Gasteiger partial charge >= 0.3 is 5.97 Å². The normalized spacial score (nSPS) is 15.0. The fourth-order valence-corrected chi connectivity index (χ4v) is 4.52. The zero-order valence-electron chi connectivity index (χ0n) is 18.2. The summed E-state index contributed by atoms with van der Waals surface area (Å²) in [5.41, 5.74) is 5.93. The number of aromatic amines is 1. The van der Waals surface area contributed by atoms with E-state index in [4.69, 9.17) is 5.11 Å². The zero-order chi connectivity index (χ0) is 22.8. The number of piperidine rings is 1. The molecule has 1 aliphatic heterocycles. The summed E-state index contributed by atoms with van der Waals surface area (Å²) < 4.78 is 0. The number of aliphatic carboxylic acids is 1. The Kier molecular flexibility index (Phi) is 5.71. The van der Waals surface area contributed by atoms with Crippen LogP contribution in [-0.2, 0) is 4.79 Å². The van der Waals surface area contributed by atoms with Crippen LogP contribution < -0.4 is 5.32 Å². The minimum Gasteiger partial charge on any atom is -0.508 e. The number of carboxylic acids is 1. The minimum atomic E-state index is -0.764. The molecule has 1 fully saturated rings. The number of H-pyrrole nitrogens is 1. The molecule has 0 saturated carbocycles. The predicted molar refractivity (Wildman–Crippen MR) is 129 cm³/mol. The van der Waals surface area contributed by atoms with E-state index in [2.05, 4.69) is 27.4 Å². The first-order valence-electron chi connectivity index (χ1n) is 11.1. The molecule has 0 spiro atoms. The number of hydrogen-bond acceptors (Lipinski definition) is 5. The number of likely N-dealkylation sites (tertiary alicyclic amines) is 1. The van der Waals surface area contributed by atoms with Crippen molar-refractivity contribution in [2.45, 2.75) is 18.8 Å². The number of aromatic hydroxyl groups is 1. The number of benzene rings is 2. The topological polar surface area (TPSA) is 101 Å². The van der Waals surface area contributed by atoms with Gasteiger partial charge in [0.15, 0.2) is 0 Å². The molecule has 0 atom stereocenters. The maximum absolute atomic E-state index is 11.0. The maximum atomic E-state index is 11.0. The van der Waals surface area contributed by atoms with Gasteiger partial charge < -0.3 is 20.5 Å². The van der Waals surface area contributed by atoms with Crippen LogP contribution in [0.3, 0.4) is 0 Å². The highest BCUT2D eigenvalue weighted by Gasteiger charge is 2.23. The zero-order valence-corrected chi connectivity index (χ0v) is 18.2. The second-order valence-corrected chi connectivity index (χ2v) is 8.54. The number of para-hydroxylation sites is 1. The number of fused-ring (bicyclic) bond motifs is 1. The van der Waals surface area contributed by atoms with Crippen molar-refractivity contribution >= 4 is 28.2 Å². The second kappa shape index (κ2) is 8.96. The Labute approximate surface area is 191 Å². The van der Waals surface area contributed by atoms with E-state index in [0.29, 0.717) is 5.92 Å². The van der Waals surface area contributed by atoms with Gasteiger partial charge in [-0.1, -0.05) is 12.1 Å². The first kappa shape index (κ1) is 21.0. The summed E-state index contributed by atoms with van der Waals surface area (Å²) in [6.45, 7) is 1.72. The van der Waals surface area contributed by atoms with Gasteiger partial charge in [-0.05, 0) is 74.5 Å². The van der Waals surface area contributed by atoms with Crippen molar-refractivity contribution in [2.75, 3.05) is 25.0 Å². The summed E-state index contributed by atoms with van der Waals surface area (Å²) in [5, 5.41) is 23.1. The summed E-state index contributed by atoms with van der Waals surface area (Å²) in [7, 11) is 0. The molecule has 0 radical (unpaired) electrons. The number of carbonyl (C=O) groups is 1. The predicted octanol–water partition coefficient (Wildman–Crippen LogP) is 4.94. The molecule has 5 rings (SSSR count). The molecule has 0 aliphatic carbocycles. The minimum absolute atomic E-state index is 0.118. The Morgan fingerprint density at radius 2 is 1.88 bits per heavy atom. The highest BCUT2D eigenvalue weighted by molar-refractivity contribution is 5.93. The number of nitrogens with zero attached hydrogens (tertiary/aromatic N) is 2. The van der Waals surface area contributed by atoms with E-state index < -0.39 is 5.97 Å². The molecule has 0 bridgehead atoms. The lowest BCUT2D eigenvalue weighted by molar-refractivity contribution is -0.138. The highest BCUT2D eigenvalue weighted by atomic mass is 16.4. The van der Waals surface area contributed by atoms with Crippen molar-refractivity contribution in [1.82, 2.24) is 14.9 Å². The Morgan fingerprint density at radius 1 is 1.09 bits per heavy atom. The van der Waals surface area contributed by atoms with Crippen LogP contribution in [-0.4, -0.2) is 50.7 Å². The maximum Gasteiger partial charge on any atom is 0.317 e. The largest absolute Gasteiger partial charge is 0.508 e. The monoisotopic (exact) mass is 442 g/mol. The van der Waals surface area contributed by atoms with Crippen LogP contribution in [0.15, 0.2) is 66.9 Å². The number of hydrogen-bond donors (Lipinski definition) is 4. The average Bonchev–Trinajstić information content (AvgIpc) is 3.26. The van der Waals surface area contributed by atoms with E-state index in [-0.39, 0.29) is 12.3 Å². The van der Waals surface area contributed by atoms with Gasteiger partial charge in [-0.3, -0.25) is 14.7 Å². The second-order valence-electron chi connectivity index (χ2n) is 8.54. The summed E-state index contributed by atoms with van der Waals surface area (Å²) in [6, 6.07) is 19.4. The molecule has 2 aromatic heterocycles. The standard InChI is InChI=1S/C26H26N4O3/c31-21-7-4-17(5-8-21)22-9-6-20(15-27-22)28-23-3-1-2-19-14-24(29-26(19)23)18-10-12-30(13-11-18)16-25(32)33/h1-9,14-15,18,28-29,31H,10-13,16H2,(H,32,33). The smallest absolute Gasteiger partial charge is 0.317 e. The van der Waals surface area contributed by atoms with Crippen molar-refractivity contribution in [2.24, 2.45) is 0 Å². The number of anilines is 2. The Balaban J connectivity index is 1.32. The van der Waals surface area contributed by atoms with E-state index in [1.165, 1.54) is 5.69 Å². The summed E-state index contributed by atoms with van der Waals surface area (Å²) in [4.78, 5) is 21.1. The van der Waals surface area contributed by atoms with Gasteiger partial charge in [0.25, 0.3) is 0 Å². The van der Waals surface area contributed by atoms with E-state index in [1.54, 1.807) is 12.1 Å². The number of phenolic OH excluding ortho intramolecular Hbond substituents is 1. The summed E-state index contributed by atoms with van der Waals surface area (Å²) in [6.07, 6.45) is 3.71. The molecule has 7 heteroatoms. The number of carboxylic acid groups (broad SMARTS) is 1. The molecule has 0 unspecified atom stereocenters. The van der Waals surface area contributed by atoms with Crippen LogP contribution in [0.5, 0.6) is 5.75 Å². The third kappa shape index (κ3) is 4.68. The third-order valence-corrected chi connectivity index (χ3v) is 6.27. The van der Waals surface area contributed by atoms with Gasteiger partial charge in [0.05, 0.1) is 35.3 Å². The molecule has 0 amide bonds. The van der Waals surface area contributed by atoms with Gasteiger partial charge in [0.1, 0.15) is 5.75 Å². The highest BCUT2D eigenvalue weighted by Crippen LogP contribution is 2.33. The van der Waals surface area contributed by atoms with Crippen LogP contribution in [0, 0.1) is 0 Å². The van der Waals surface area contributed by atoms with Crippen LogP contribution >= 0.6 is 0 Å². The molecule has 168 valence electrons. The van der Waals surface area contributed by atoms with Crippen molar-refractivity contribution < 1.29 is 15.0 Å². The van der Waals surface area contributed by atoms with Gasteiger partial charge in [-0.25, -0.2) is 0 Å². The lowest BCUT2D eigenvalue weighted by Crippen LogP contribution is -2.36. The Bertz CT molecular complexity index is 1260. The number of phenols is 1. The average molecular weight is 443 g/mol. The fourth-order valence-electron chi connectivity index (χ4n) is 4.52. The van der Waals surface area contributed by atoms with Crippen LogP contribution in [0.25, 0.3) is 22.2 Å². The molecule has 4 aromatic rings. The Morgan fingerprint density at radius 3 is 2.58 bits per heavy atom. The molecule has 3 heterocycles. The van der Waals surface area contributed by atoms with Gasteiger partial charge in [0, 0.05) is 22.6 Å². The molecule has 1 aliphatic rings. The summed E-state index contributed by atoms with van der Waals surface area (Å²) in [5.74, 6) is -0.122. The first-order valence-corrected chi connectivity index (χ1v) is 11.1. The number of rotatable bonds is 6. The van der Waals surface area contributed by atoms with Gasteiger partial charge in [0.2, 0.25) is 0 Å². The number of aromatic nitrogens is 2. The molecule has 7 nitrogen and oxygen atoms in total. The van der Waals surface area contributed by atoms with Gasteiger partial charge in [-0.2, -0.15) is 0 Å². The van der Waals surface area contributed by atoms with Crippen LogP contribution in [0.1, 0.15) is 24.5 Å². The quantitative estimate of drug-likeness (QED) is 0.337. The van der Waals surface area contributed by atoms with Gasteiger partial charge in [-0.15, -0.1) is 0 Å². The van der Waals surface area contributed by atoms with Crippen molar-refractivity contribution in [3.05, 3.63) is 72.6 Å². The molecular formula is C26H26N4O3. The van der Waals surface area contributed by atoms with E-state index in [0.717, 1.165) is 59.5 Å². The molecule has 1 saturated heterocycles. The first-order chi connectivity index (χ1) is 16.0. The number of nitrogens with one attached hydrogen (secondary N) is 2. The lowest BCUT2D eigenvalue weighted by atomic mass is 9.93. The van der Waals surface area contributed by atoms with Crippen LogP contribution in [0.2, 0.25) is 0 Å². The lowest BCUT2D eigenvalue weighted by Gasteiger charge is -2.30. The SMILES string of the molecule is O=C(O)CN1CCC(c2cc3cccc(Nc4ccc(-c5ccc(O)cc5)nc4)c3[nH]2)CC1. The fraction of sp³-hybridized carbons (Fsp3) is 0.231. The molecule has 2 aromatic carbocycles. The third-order valence-electron chi connectivity index (χ3n) is 6.27. The van der Waals surface area contributed by atoms with E-state index in [9.17, 15) is 9.90 Å². The van der Waals surface area contributed by atoms with Crippen molar-refractivity contribution in [3.8, 4) is 17.0 Å². The molecule has 4 N–H and O–H groups in total. The van der Waals surface area contributed by atoms with Crippen LogP contribution in [0.4, 0.5) is 11.4 Å². The molecule has 33 heavy (non-hydrogen) atoms. The van der Waals surface area contributed by atoms with Crippen molar-refractivity contribution in [3.63, 3.8) is 0 Å². The molecular weight excluding hydrogens is 416 g/mol. The summed E-state index contributed by atoms with van der Waals surface area (Å²) >= 11 is 0.